The third kappa shape index (κ3) is 5.11. The van der Waals surface area contributed by atoms with E-state index in [1.807, 2.05) is 61.5 Å². The standard InChI is InChI=1S/C33H25ClN2O2/c1-21-11-13-23-7-4-6-10-28(23)30(21)20-38-32-16-14-24-8-3-5-9-27(24)29(32)17-25(19-35)33(37)36-31-18-26(34)15-12-22(31)2/h3-18H,20H2,1-2H3,(H,36,37)/b25-17+. The fraction of sp³-hybridized carbons (Fsp3) is 0.0909. The largest absolute Gasteiger partial charge is 0.488 e. The molecule has 186 valence electrons. The Kier molecular flexibility index (Phi) is 7.13. The van der Waals surface area contributed by atoms with Crippen LogP contribution in [0.4, 0.5) is 5.69 Å². The number of anilines is 1. The van der Waals surface area contributed by atoms with Crippen LogP contribution in [0.1, 0.15) is 22.3 Å². The lowest BCUT2D eigenvalue weighted by atomic mass is 9.99. The van der Waals surface area contributed by atoms with Gasteiger partial charge in [0.05, 0.1) is 0 Å². The highest BCUT2D eigenvalue weighted by atomic mass is 35.5. The Hall–Kier alpha value is -4.59. The van der Waals surface area contributed by atoms with Crippen molar-refractivity contribution in [1.29, 1.82) is 5.26 Å². The number of carbonyl (C=O) groups excluding carboxylic acids is 1. The lowest BCUT2D eigenvalue weighted by Crippen LogP contribution is -2.14. The maximum absolute atomic E-state index is 13.1. The number of amides is 1. The molecule has 0 saturated carbocycles. The van der Waals surface area contributed by atoms with Crippen molar-refractivity contribution in [2.24, 2.45) is 0 Å². The lowest BCUT2D eigenvalue weighted by molar-refractivity contribution is -0.112. The van der Waals surface area contributed by atoms with Crippen LogP contribution in [0.25, 0.3) is 27.6 Å². The van der Waals surface area contributed by atoms with Crippen molar-refractivity contribution >= 4 is 50.8 Å². The summed E-state index contributed by atoms with van der Waals surface area (Å²) >= 11 is 6.11. The van der Waals surface area contributed by atoms with Gasteiger partial charge < -0.3 is 10.1 Å². The number of rotatable bonds is 6. The molecule has 1 amide bonds. The molecule has 1 N–H and O–H groups in total. The average Bonchev–Trinajstić information content (AvgIpc) is 2.93. The smallest absolute Gasteiger partial charge is 0.266 e. The van der Waals surface area contributed by atoms with Gasteiger partial charge in [0, 0.05) is 21.8 Å². The first-order valence-corrected chi connectivity index (χ1v) is 12.6. The molecule has 0 unspecified atom stereocenters. The molecular formula is C33H25ClN2O2. The molecule has 5 rings (SSSR count). The molecule has 38 heavy (non-hydrogen) atoms. The molecule has 0 aliphatic heterocycles. The topological polar surface area (TPSA) is 62.1 Å². The van der Waals surface area contributed by atoms with Crippen molar-refractivity contribution < 1.29 is 9.53 Å². The second-order valence-corrected chi connectivity index (χ2v) is 9.59. The Morgan fingerprint density at radius 1 is 0.895 bits per heavy atom. The molecule has 0 aliphatic rings. The molecule has 5 aromatic carbocycles. The number of benzene rings is 5. The third-order valence-corrected chi connectivity index (χ3v) is 6.91. The highest BCUT2D eigenvalue weighted by Gasteiger charge is 2.15. The summed E-state index contributed by atoms with van der Waals surface area (Å²) in [6.45, 7) is 4.29. The summed E-state index contributed by atoms with van der Waals surface area (Å²) in [6, 6.07) is 31.5. The second kappa shape index (κ2) is 10.8. The van der Waals surface area contributed by atoms with Crippen LogP contribution in [0.3, 0.4) is 0 Å². The maximum Gasteiger partial charge on any atom is 0.266 e. The average molecular weight is 517 g/mol. The van der Waals surface area contributed by atoms with Crippen LogP contribution in [-0.4, -0.2) is 5.91 Å². The van der Waals surface area contributed by atoms with E-state index in [-0.39, 0.29) is 5.57 Å². The molecule has 0 bridgehead atoms. The van der Waals surface area contributed by atoms with Gasteiger partial charge in [0.15, 0.2) is 0 Å². The molecule has 5 heteroatoms. The maximum atomic E-state index is 13.1. The number of hydrogen-bond donors (Lipinski definition) is 1. The zero-order valence-electron chi connectivity index (χ0n) is 21.1. The molecule has 0 aromatic heterocycles. The van der Waals surface area contributed by atoms with Crippen molar-refractivity contribution in [2.45, 2.75) is 20.5 Å². The van der Waals surface area contributed by atoms with Gasteiger partial charge in [-0.1, -0.05) is 84.4 Å². The number of fused-ring (bicyclic) bond motifs is 2. The molecule has 4 nitrogen and oxygen atoms in total. The summed E-state index contributed by atoms with van der Waals surface area (Å²) in [6.07, 6.45) is 1.60. The van der Waals surface area contributed by atoms with Gasteiger partial charge in [-0.3, -0.25) is 4.79 Å². The SMILES string of the molecule is Cc1ccc(Cl)cc1NC(=O)/C(C#N)=C/c1c(OCc2c(C)ccc3ccccc23)ccc2ccccc12. The van der Waals surface area contributed by atoms with E-state index in [0.29, 0.717) is 28.6 Å². The van der Waals surface area contributed by atoms with E-state index < -0.39 is 5.91 Å². The molecule has 0 heterocycles. The van der Waals surface area contributed by atoms with Gasteiger partial charge in [-0.25, -0.2) is 0 Å². The van der Waals surface area contributed by atoms with Gasteiger partial charge in [0.1, 0.15) is 24.0 Å². The molecule has 0 fully saturated rings. The predicted molar refractivity (Wildman–Crippen MR) is 155 cm³/mol. The fourth-order valence-corrected chi connectivity index (χ4v) is 4.72. The van der Waals surface area contributed by atoms with Gasteiger partial charge in [-0.15, -0.1) is 0 Å². The summed E-state index contributed by atoms with van der Waals surface area (Å²) in [5.74, 6) is 0.0807. The van der Waals surface area contributed by atoms with Crippen LogP contribution in [0.5, 0.6) is 5.75 Å². The summed E-state index contributed by atoms with van der Waals surface area (Å²) in [5, 5.41) is 17.4. The molecular weight excluding hydrogens is 492 g/mol. The van der Waals surface area contributed by atoms with E-state index in [2.05, 4.69) is 42.6 Å². The van der Waals surface area contributed by atoms with Crippen LogP contribution in [0, 0.1) is 25.2 Å². The Balaban J connectivity index is 1.54. The van der Waals surface area contributed by atoms with Crippen LogP contribution >= 0.6 is 11.6 Å². The monoisotopic (exact) mass is 516 g/mol. The van der Waals surface area contributed by atoms with Crippen molar-refractivity contribution in [3.8, 4) is 11.8 Å². The number of aryl methyl sites for hydroxylation is 2. The molecule has 5 aromatic rings. The summed E-state index contributed by atoms with van der Waals surface area (Å²) in [7, 11) is 0. The first-order valence-electron chi connectivity index (χ1n) is 12.3. The second-order valence-electron chi connectivity index (χ2n) is 9.15. The van der Waals surface area contributed by atoms with Crippen molar-refractivity contribution in [1.82, 2.24) is 0 Å². The van der Waals surface area contributed by atoms with Gasteiger partial charge in [-0.2, -0.15) is 5.26 Å². The summed E-state index contributed by atoms with van der Waals surface area (Å²) in [4.78, 5) is 13.1. The van der Waals surface area contributed by atoms with Crippen molar-refractivity contribution in [2.75, 3.05) is 5.32 Å². The predicted octanol–water partition coefficient (Wildman–Crippen LogP) is 8.39. The number of nitrogens with zero attached hydrogens (tertiary/aromatic N) is 1. The number of ether oxygens (including phenoxy) is 1. The number of hydrogen-bond acceptors (Lipinski definition) is 3. The first-order chi connectivity index (χ1) is 18.4. The highest BCUT2D eigenvalue weighted by molar-refractivity contribution is 6.31. The van der Waals surface area contributed by atoms with Crippen LogP contribution in [0.2, 0.25) is 5.02 Å². The van der Waals surface area contributed by atoms with E-state index >= 15 is 0 Å². The van der Waals surface area contributed by atoms with Crippen molar-refractivity contribution in [3.63, 3.8) is 0 Å². The minimum Gasteiger partial charge on any atom is -0.488 e. The van der Waals surface area contributed by atoms with E-state index in [0.717, 1.165) is 38.2 Å². The van der Waals surface area contributed by atoms with Gasteiger partial charge in [0.25, 0.3) is 5.91 Å². The first kappa shape index (κ1) is 25.1. The summed E-state index contributed by atoms with van der Waals surface area (Å²) < 4.78 is 6.40. The van der Waals surface area contributed by atoms with Gasteiger partial charge >= 0.3 is 0 Å². The Morgan fingerprint density at radius 2 is 1.55 bits per heavy atom. The Morgan fingerprint density at radius 3 is 2.32 bits per heavy atom. The molecule has 0 aliphatic carbocycles. The quantitative estimate of drug-likeness (QED) is 0.182. The molecule has 0 saturated heterocycles. The zero-order valence-corrected chi connectivity index (χ0v) is 21.8. The van der Waals surface area contributed by atoms with Crippen LogP contribution < -0.4 is 10.1 Å². The van der Waals surface area contributed by atoms with E-state index in [1.165, 1.54) is 0 Å². The zero-order chi connectivity index (χ0) is 26.6. The fourth-order valence-electron chi connectivity index (χ4n) is 4.55. The van der Waals surface area contributed by atoms with E-state index in [4.69, 9.17) is 16.3 Å². The Bertz CT molecular complexity index is 1770. The lowest BCUT2D eigenvalue weighted by Gasteiger charge is -2.15. The van der Waals surface area contributed by atoms with E-state index in [1.54, 1.807) is 18.2 Å². The van der Waals surface area contributed by atoms with Gasteiger partial charge in [0.2, 0.25) is 0 Å². The molecule has 0 spiro atoms. The number of nitrogens with one attached hydrogen (secondary N) is 1. The minimum atomic E-state index is -0.512. The van der Waals surface area contributed by atoms with E-state index in [9.17, 15) is 10.1 Å². The molecule has 0 atom stereocenters. The minimum absolute atomic E-state index is 0.0353. The normalized spacial score (nSPS) is 11.4. The summed E-state index contributed by atoms with van der Waals surface area (Å²) in [5.41, 5.74) is 4.28. The number of carbonyl (C=O) groups is 1. The third-order valence-electron chi connectivity index (χ3n) is 6.68. The van der Waals surface area contributed by atoms with Crippen LogP contribution in [0.15, 0.2) is 96.6 Å². The highest BCUT2D eigenvalue weighted by Crippen LogP contribution is 2.32. The molecule has 0 radical (unpaired) electrons. The Labute approximate surface area is 226 Å². The van der Waals surface area contributed by atoms with Crippen molar-refractivity contribution in [3.05, 3.63) is 124 Å². The number of halogens is 1. The number of nitriles is 1. The van der Waals surface area contributed by atoms with Gasteiger partial charge in [-0.05, 0) is 70.8 Å². The van der Waals surface area contributed by atoms with Crippen LogP contribution in [-0.2, 0) is 11.4 Å².